The summed E-state index contributed by atoms with van der Waals surface area (Å²) in [5.41, 5.74) is 0.883. The van der Waals surface area contributed by atoms with Crippen LogP contribution in [0, 0.1) is 5.92 Å². The normalized spacial score (nSPS) is 17.8. The number of benzene rings is 1. The molecule has 20 heavy (non-hydrogen) atoms. The highest BCUT2D eigenvalue weighted by Gasteiger charge is 2.21. The maximum absolute atomic E-state index is 10.5. The molecule has 1 N–H and O–H groups in total. The van der Waals surface area contributed by atoms with Gasteiger partial charge in [-0.3, -0.25) is 0 Å². The highest BCUT2D eigenvalue weighted by Crippen LogP contribution is 2.39. The molecule has 0 radical (unpaired) electrons. The smallest absolute Gasteiger partial charge is 0.161 e. The van der Waals surface area contributed by atoms with Crippen LogP contribution in [-0.4, -0.2) is 19.3 Å². The molecule has 2 rings (SSSR count). The number of hydrogen-bond donors (Lipinski definition) is 1. The molecule has 1 unspecified atom stereocenters. The van der Waals surface area contributed by atoms with E-state index >= 15 is 0 Å². The summed E-state index contributed by atoms with van der Waals surface area (Å²) in [6.45, 7) is 0. The molecule has 1 aliphatic rings. The van der Waals surface area contributed by atoms with Crippen molar-refractivity contribution in [1.82, 2.24) is 0 Å². The van der Waals surface area contributed by atoms with Gasteiger partial charge in [-0.15, -0.1) is 0 Å². The Morgan fingerprint density at radius 3 is 2.35 bits per heavy atom. The molecule has 1 atom stereocenters. The zero-order valence-electron chi connectivity index (χ0n) is 12.2. The second-order valence-corrected chi connectivity index (χ2v) is 6.34. The molecule has 1 aliphatic carbocycles. The van der Waals surface area contributed by atoms with Crippen LogP contribution < -0.4 is 9.47 Å². The number of methoxy groups -OCH3 is 2. The summed E-state index contributed by atoms with van der Waals surface area (Å²) in [6, 6.07) is 3.73. The minimum Gasteiger partial charge on any atom is -0.493 e. The van der Waals surface area contributed by atoms with Gasteiger partial charge in [-0.25, -0.2) is 0 Å². The lowest BCUT2D eigenvalue weighted by molar-refractivity contribution is 0.130. The summed E-state index contributed by atoms with van der Waals surface area (Å²) >= 11 is 3.52. The fourth-order valence-corrected chi connectivity index (χ4v) is 3.58. The first kappa shape index (κ1) is 15.6. The first-order valence-corrected chi connectivity index (χ1v) is 8.04. The van der Waals surface area contributed by atoms with E-state index in [2.05, 4.69) is 15.9 Å². The molecule has 0 amide bonds. The van der Waals surface area contributed by atoms with Gasteiger partial charge in [0.25, 0.3) is 0 Å². The van der Waals surface area contributed by atoms with Gasteiger partial charge in [0.05, 0.1) is 20.3 Å². The molecule has 0 heterocycles. The molecule has 112 valence electrons. The quantitative estimate of drug-likeness (QED) is 0.857. The number of hydrogen-bond acceptors (Lipinski definition) is 3. The molecule has 1 saturated carbocycles. The average Bonchev–Trinajstić information content (AvgIpc) is 2.47. The number of ether oxygens (including phenoxy) is 2. The Kier molecular flexibility index (Phi) is 5.73. The minimum absolute atomic E-state index is 0.452. The lowest BCUT2D eigenvalue weighted by atomic mass is 9.84. The van der Waals surface area contributed by atoms with Crippen molar-refractivity contribution >= 4 is 15.9 Å². The van der Waals surface area contributed by atoms with Gasteiger partial charge in [-0.05, 0) is 30.0 Å². The van der Waals surface area contributed by atoms with Crippen molar-refractivity contribution in [2.45, 2.75) is 44.6 Å². The van der Waals surface area contributed by atoms with Crippen LogP contribution in [0.2, 0.25) is 0 Å². The Morgan fingerprint density at radius 2 is 1.75 bits per heavy atom. The van der Waals surface area contributed by atoms with Gasteiger partial charge in [-0.1, -0.05) is 48.0 Å². The van der Waals surface area contributed by atoms with Gasteiger partial charge in [0.15, 0.2) is 11.5 Å². The van der Waals surface area contributed by atoms with E-state index in [1.165, 1.54) is 32.1 Å². The third kappa shape index (κ3) is 3.67. The monoisotopic (exact) mass is 342 g/mol. The zero-order chi connectivity index (χ0) is 14.5. The van der Waals surface area contributed by atoms with Gasteiger partial charge in [0.1, 0.15) is 0 Å². The molecule has 4 heteroatoms. The van der Waals surface area contributed by atoms with E-state index in [-0.39, 0.29) is 0 Å². The van der Waals surface area contributed by atoms with E-state index in [1.54, 1.807) is 14.2 Å². The van der Waals surface area contributed by atoms with Crippen molar-refractivity contribution in [1.29, 1.82) is 0 Å². The number of aliphatic hydroxyl groups is 1. The Hall–Kier alpha value is -0.740. The Morgan fingerprint density at radius 1 is 1.15 bits per heavy atom. The third-order valence-corrected chi connectivity index (χ3v) is 4.83. The molecule has 1 fully saturated rings. The van der Waals surface area contributed by atoms with E-state index in [4.69, 9.17) is 9.47 Å². The van der Waals surface area contributed by atoms with Crippen LogP contribution in [0.25, 0.3) is 0 Å². The van der Waals surface area contributed by atoms with Crippen LogP contribution >= 0.6 is 15.9 Å². The van der Waals surface area contributed by atoms with E-state index in [0.29, 0.717) is 17.4 Å². The molecule has 0 aliphatic heterocycles. The summed E-state index contributed by atoms with van der Waals surface area (Å²) in [5.74, 6) is 1.97. The topological polar surface area (TPSA) is 38.7 Å². The number of rotatable bonds is 5. The van der Waals surface area contributed by atoms with Gasteiger partial charge < -0.3 is 14.6 Å². The van der Waals surface area contributed by atoms with Gasteiger partial charge in [0.2, 0.25) is 0 Å². The first-order chi connectivity index (χ1) is 9.65. The van der Waals surface area contributed by atoms with E-state index in [0.717, 1.165) is 16.5 Å². The van der Waals surface area contributed by atoms with Crippen LogP contribution in [0.15, 0.2) is 16.6 Å². The zero-order valence-corrected chi connectivity index (χ0v) is 13.8. The van der Waals surface area contributed by atoms with Crippen LogP contribution in [0.3, 0.4) is 0 Å². The van der Waals surface area contributed by atoms with Gasteiger partial charge >= 0.3 is 0 Å². The summed E-state index contributed by atoms with van der Waals surface area (Å²) in [4.78, 5) is 0. The molecule has 0 bridgehead atoms. The summed E-state index contributed by atoms with van der Waals surface area (Å²) in [6.07, 6.45) is 6.78. The number of aliphatic hydroxyl groups excluding tert-OH is 1. The molecule has 1 aromatic rings. The molecule has 1 aromatic carbocycles. The molecule has 3 nitrogen and oxygen atoms in total. The van der Waals surface area contributed by atoms with Crippen molar-refractivity contribution in [2.24, 2.45) is 5.92 Å². The Balaban J connectivity index is 2.13. The largest absolute Gasteiger partial charge is 0.493 e. The second-order valence-electron chi connectivity index (χ2n) is 5.48. The van der Waals surface area contributed by atoms with E-state index in [9.17, 15) is 5.11 Å². The van der Waals surface area contributed by atoms with Crippen molar-refractivity contribution in [3.63, 3.8) is 0 Å². The highest BCUT2D eigenvalue weighted by atomic mass is 79.9. The maximum Gasteiger partial charge on any atom is 0.161 e. The molecule has 0 spiro atoms. The van der Waals surface area contributed by atoms with Crippen molar-refractivity contribution in [3.05, 3.63) is 22.2 Å². The average molecular weight is 343 g/mol. The lowest BCUT2D eigenvalue weighted by Crippen LogP contribution is -2.11. The summed E-state index contributed by atoms with van der Waals surface area (Å²) in [7, 11) is 3.23. The molecule has 0 aromatic heterocycles. The van der Waals surface area contributed by atoms with Crippen LogP contribution in [0.4, 0.5) is 0 Å². The molecule has 0 saturated heterocycles. The fourth-order valence-electron chi connectivity index (χ4n) is 2.99. The van der Waals surface area contributed by atoms with E-state index < -0.39 is 6.10 Å². The second kappa shape index (κ2) is 7.32. The maximum atomic E-state index is 10.5. The van der Waals surface area contributed by atoms with Crippen molar-refractivity contribution in [2.75, 3.05) is 14.2 Å². The predicted octanol–water partition coefficient (Wildman–Crippen LogP) is 4.47. The highest BCUT2D eigenvalue weighted by molar-refractivity contribution is 9.10. The predicted molar refractivity (Wildman–Crippen MR) is 83.4 cm³/mol. The SMILES string of the molecule is COc1cc(Br)c(C(O)CC2CCCCC2)cc1OC. The number of halogens is 1. The van der Waals surface area contributed by atoms with Crippen LogP contribution in [-0.2, 0) is 0 Å². The van der Waals surface area contributed by atoms with Crippen molar-refractivity contribution < 1.29 is 14.6 Å². The van der Waals surface area contributed by atoms with Crippen molar-refractivity contribution in [3.8, 4) is 11.5 Å². The third-order valence-electron chi connectivity index (χ3n) is 4.14. The lowest BCUT2D eigenvalue weighted by Gasteiger charge is -2.25. The van der Waals surface area contributed by atoms with Crippen LogP contribution in [0.1, 0.15) is 50.2 Å². The molecular formula is C16H23BrO3. The first-order valence-electron chi connectivity index (χ1n) is 7.25. The molecular weight excluding hydrogens is 320 g/mol. The standard InChI is InChI=1S/C16H23BrO3/c1-19-15-9-12(13(17)10-16(15)20-2)14(18)8-11-6-4-3-5-7-11/h9-11,14,18H,3-8H2,1-2H3. The Labute approximate surface area is 129 Å². The van der Waals surface area contributed by atoms with Gasteiger partial charge in [-0.2, -0.15) is 0 Å². The van der Waals surface area contributed by atoms with Crippen LogP contribution in [0.5, 0.6) is 11.5 Å². The summed E-state index contributed by atoms with van der Waals surface area (Å²) in [5, 5.41) is 10.5. The fraction of sp³-hybridized carbons (Fsp3) is 0.625. The summed E-state index contributed by atoms with van der Waals surface area (Å²) < 4.78 is 11.5. The Bertz CT molecular complexity index is 442. The van der Waals surface area contributed by atoms with Gasteiger partial charge in [0, 0.05) is 4.47 Å². The van der Waals surface area contributed by atoms with E-state index in [1.807, 2.05) is 12.1 Å². The minimum atomic E-state index is -0.452.